The number of carbonyl (C=O) groups is 1. The van der Waals surface area contributed by atoms with Crippen molar-refractivity contribution in [1.29, 1.82) is 0 Å². The third kappa shape index (κ3) is 4.76. The highest BCUT2D eigenvalue weighted by atomic mass is 16.5. The van der Waals surface area contributed by atoms with E-state index in [1.165, 1.54) is 5.56 Å². The summed E-state index contributed by atoms with van der Waals surface area (Å²) in [6.07, 6.45) is 0. The maximum Gasteiger partial charge on any atom is 0.251 e. The number of ether oxygens (including phenoxy) is 1. The smallest absolute Gasteiger partial charge is 0.251 e. The van der Waals surface area contributed by atoms with Crippen LogP contribution in [0.3, 0.4) is 0 Å². The van der Waals surface area contributed by atoms with Gasteiger partial charge in [0.1, 0.15) is 12.4 Å². The first-order valence-electron chi connectivity index (χ1n) is 8.99. The molecule has 3 rings (SSSR count). The lowest BCUT2D eigenvalue weighted by atomic mass is 10.1. The van der Waals surface area contributed by atoms with E-state index < -0.39 is 0 Å². The molecule has 0 atom stereocenters. The maximum atomic E-state index is 12.4. The number of aromatic nitrogens is 2. The summed E-state index contributed by atoms with van der Waals surface area (Å²) < 4.78 is 7.71. The summed E-state index contributed by atoms with van der Waals surface area (Å²) in [5, 5.41) is 7.27. The Morgan fingerprint density at radius 1 is 1.11 bits per heavy atom. The summed E-state index contributed by atoms with van der Waals surface area (Å²) in [6.45, 7) is 6.91. The van der Waals surface area contributed by atoms with Crippen molar-refractivity contribution in [3.8, 4) is 5.75 Å². The highest BCUT2D eigenvalue weighted by Gasteiger charge is 2.09. The zero-order valence-electron chi connectivity index (χ0n) is 16.2. The highest BCUT2D eigenvalue weighted by molar-refractivity contribution is 5.94. The Bertz CT molecular complexity index is 940. The summed E-state index contributed by atoms with van der Waals surface area (Å²) in [6, 6.07) is 15.6. The molecule has 3 aromatic rings. The second-order valence-corrected chi connectivity index (χ2v) is 6.84. The number of nitrogens with one attached hydrogen (secondary N) is 1. The molecule has 0 bridgehead atoms. The third-order valence-corrected chi connectivity index (χ3v) is 4.51. The van der Waals surface area contributed by atoms with Gasteiger partial charge in [-0.05, 0) is 56.2 Å². The Morgan fingerprint density at radius 3 is 2.63 bits per heavy atom. The molecule has 0 saturated heterocycles. The molecule has 1 amide bonds. The van der Waals surface area contributed by atoms with Gasteiger partial charge in [0, 0.05) is 18.3 Å². The second kappa shape index (κ2) is 8.08. The first-order chi connectivity index (χ1) is 12.9. The van der Waals surface area contributed by atoms with Crippen LogP contribution in [0.2, 0.25) is 0 Å². The van der Waals surface area contributed by atoms with E-state index in [1.807, 2.05) is 57.3 Å². The van der Waals surface area contributed by atoms with Crippen LogP contribution in [0.1, 0.15) is 38.4 Å². The van der Waals surface area contributed by atoms with Gasteiger partial charge in [-0.3, -0.25) is 9.48 Å². The molecule has 0 saturated carbocycles. The Balaban J connectivity index is 1.61. The van der Waals surface area contributed by atoms with Crippen LogP contribution in [0, 0.1) is 20.8 Å². The quantitative estimate of drug-likeness (QED) is 0.724. The topological polar surface area (TPSA) is 56.1 Å². The van der Waals surface area contributed by atoms with Gasteiger partial charge < -0.3 is 10.1 Å². The summed E-state index contributed by atoms with van der Waals surface area (Å²) in [5.41, 5.74) is 5.79. The standard InChI is InChI=1S/C22H25N3O2/c1-15-8-9-21(16(2)10-15)27-14-18-6-5-7-19(12-18)22(26)23-13-20-11-17(3)25(4)24-20/h5-12H,13-14H2,1-4H3,(H,23,26). The molecule has 1 heterocycles. The van der Waals surface area contributed by atoms with Crippen molar-refractivity contribution in [1.82, 2.24) is 15.1 Å². The molecular weight excluding hydrogens is 338 g/mol. The molecule has 1 N–H and O–H groups in total. The van der Waals surface area contributed by atoms with Crippen molar-refractivity contribution in [2.45, 2.75) is 33.9 Å². The van der Waals surface area contributed by atoms with Crippen molar-refractivity contribution >= 4 is 5.91 Å². The highest BCUT2D eigenvalue weighted by Crippen LogP contribution is 2.20. The van der Waals surface area contributed by atoms with Crippen molar-refractivity contribution in [2.24, 2.45) is 7.05 Å². The first-order valence-corrected chi connectivity index (χ1v) is 8.99. The number of amides is 1. The number of hydrogen-bond acceptors (Lipinski definition) is 3. The lowest BCUT2D eigenvalue weighted by molar-refractivity contribution is 0.0950. The van der Waals surface area contributed by atoms with Crippen LogP contribution in [0.5, 0.6) is 5.75 Å². The number of carbonyl (C=O) groups excluding carboxylic acids is 1. The summed E-state index contributed by atoms with van der Waals surface area (Å²) in [5.74, 6) is 0.743. The average Bonchev–Trinajstić information content (AvgIpc) is 2.97. The molecule has 0 aliphatic carbocycles. The Labute approximate surface area is 160 Å². The number of benzene rings is 2. The molecule has 0 unspecified atom stereocenters. The van der Waals surface area contributed by atoms with E-state index >= 15 is 0 Å². The first kappa shape index (κ1) is 18.7. The maximum absolute atomic E-state index is 12.4. The van der Waals surface area contributed by atoms with Gasteiger partial charge in [0.15, 0.2) is 0 Å². The van der Waals surface area contributed by atoms with Crippen LogP contribution in [0.25, 0.3) is 0 Å². The minimum atomic E-state index is -0.119. The fraction of sp³-hybridized carbons (Fsp3) is 0.273. The molecule has 0 aliphatic rings. The van der Waals surface area contributed by atoms with Crippen molar-refractivity contribution < 1.29 is 9.53 Å². The van der Waals surface area contributed by atoms with Crippen LogP contribution in [-0.4, -0.2) is 15.7 Å². The van der Waals surface area contributed by atoms with E-state index in [4.69, 9.17) is 4.74 Å². The van der Waals surface area contributed by atoms with E-state index in [0.717, 1.165) is 28.3 Å². The van der Waals surface area contributed by atoms with Crippen LogP contribution in [-0.2, 0) is 20.2 Å². The normalized spacial score (nSPS) is 10.7. The fourth-order valence-electron chi connectivity index (χ4n) is 2.92. The Kier molecular flexibility index (Phi) is 5.60. The lowest BCUT2D eigenvalue weighted by Crippen LogP contribution is -2.23. The molecule has 2 aromatic carbocycles. The van der Waals surface area contributed by atoms with Gasteiger partial charge in [0.05, 0.1) is 12.2 Å². The Hall–Kier alpha value is -3.08. The summed E-state index contributed by atoms with van der Waals surface area (Å²) in [4.78, 5) is 12.4. The lowest BCUT2D eigenvalue weighted by Gasteiger charge is -2.11. The average molecular weight is 363 g/mol. The van der Waals surface area contributed by atoms with Gasteiger partial charge in [0.2, 0.25) is 0 Å². The largest absolute Gasteiger partial charge is 0.489 e. The third-order valence-electron chi connectivity index (χ3n) is 4.51. The molecular formula is C22H25N3O2. The summed E-state index contributed by atoms with van der Waals surface area (Å²) >= 11 is 0. The molecule has 0 aliphatic heterocycles. The van der Waals surface area contributed by atoms with E-state index in [-0.39, 0.29) is 5.91 Å². The summed E-state index contributed by atoms with van der Waals surface area (Å²) in [7, 11) is 1.89. The number of nitrogens with zero attached hydrogens (tertiary/aromatic N) is 2. The van der Waals surface area contributed by atoms with Crippen LogP contribution >= 0.6 is 0 Å². The molecule has 27 heavy (non-hydrogen) atoms. The molecule has 5 heteroatoms. The SMILES string of the molecule is Cc1ccc(OCc2cccc(C(=O)NCc3cc(C)n(C)n3)c2)c(C)c1. The molecule has 5 nitrogen and oxygen atoms in total. The number of hydrogen-bond donors (Lipinski definition) is 1. The van der Waals surface area contributed by atoms with E-state index in [9.17, 15) is 4.79 Å². The van der Waals surface area contributed by atoms with Crippen LogP contribution < -0.4 is 10.1 Å². The zero-order valence-corrected chi connectivity index (χ0v) is 16.2. The predicted molar refractivity (Wildman–Crippen MR) is 106 cm³/mol. The second-order valence-electron chi connectivity index (χ2n) is 6.84. The zero-order chi connectivity index (χ0) is 19.4. The van der Waals surface area contributed by atoms with Gasteiger partial charge >= 0.3 is 0 Å². The molecule has 1 aromatic heterocycles. The van der Waals surface area contributed by atoms with Gasteiger partial charge in [-0.1, -0.05) is 29.8 Å². The van der Waals surface area contributed by atoms with E-state index in [2.05, 4.69) is 23.4 Å². The fourth-order valence-corrected chi connectivity index (χ4v) is 2.92. The van der Waals surface area contributed by atoms with E-state index in [1.54, 1.807) is 10.7 Å². The number of rotatable bonds is 6. The van der Waals surface area contributed by atoms with Crippen LogP contribution in [0.4, 0.5) is 0 Å². The predicted octanol–water partition coefficient (Wildman–Crippen LogP) is 3.85. The molecule has 0 fully saturated rings. The number of aryl methyl sites for hydroxylation is 4. The van der Waals surface area contributed by atoms with Crippen LogP contribution in [0.15, 0.2) is 48.5 Å². The minimum Gasteiger partial charge on any atom is -0.489 e. The van der Waals surface area contributed by atoms with Gasteiger partial charge in [-0.15, -0.1) is 0 Å². The van der Waals surface area contributed by atoms with Crippen molar-refractivity contribution in [3.05, 3.63) is 82.2 Å². The van der Waals surface area contributed by atoms with E-state index in [0.29, 0.717) is 18.7 Å². The Morgan fingerprint density at radius 2 is 1.93 bits per heavy atom. The molecule has 0 radical (unpaired) electrons. The monoisotopic (exact) mass is 363 g/mol. The van der Waals surface area contributed by atoms with Gasteiger partial charge in [0.25, 0.3) is 5.91 Å². The van der Waals surface area contributed by atoms with Gasteiger partial charge in [-0.25, -0.2) is 0 Å². The van der Waals surface area contributed by atoms with Crippen molar-refractivity contribution in [3.63, 3.8) is 0 Å². The molecule has 0 spiro atoms. The van der Waals surface area contributed by atoms with Crippen molar-refractivity contribution in [2.75, 3.05) is 0 Å². The van der Waals surface area contributed by atoms with Gasteiger partial charge in [-0.2, -0.15) is 5.10 Å². The molecule has 140 valence electrons. The minimum absolute atomic E-state index is 0.119.